The van der Waals surface area contributed by atoms with Gasteiger partial charge in [-0.05, 0) is 66.7 Å². The van der Waals surface area contributed by atoms with Gasteiger partial charge in [0.2, 0.25) is 0 Å². The second-order valence-electron chi connectivity index (χ2n) is 4.56. The van der Waals surface area contributed by atoms with Gasteiger partial charge in [0.25, 0.3) is 5.91 Å². The van der Waals surface area contributed by atoms with Gasteiger partial charge in [-0.15, -0.1) is 0 Å². The van der Waals surface area contributed by atoms with E-state index in [1.54, 1.807) is 23.1 Å². The first-order chi connectivity index (χ1) is 8.59. The molecule has 4 nitrogen and oxygen atoms in total. The summed E-state index contributed by atoms with van der Waals surface area (Å²) in [6.07, 6.45) is 1.93. The van der Waals surface area contributed by atoms with Crippen LogP contribution in [0.25, 0.3) is 0 Å². The summed E-state index contributed by atoms with van der Waals surface area (Å²) >= 11 is 2.14. The number of benzene rings is 1. The minimum atomic E-state index is -0.0992. The number of nitrogens with one attached hydrogen (secondary N) is 1. The van der Waals surface area contributed by atoms with Crippen molar-refractivity contribution >= 4 is 28.5 Å². The maximum Gasteiger partial charge on any atom is 0.257 e. The molecule has 0 atom stereocenters. The van der Waals surface area contributed by atoms with Crippen LogP contribution in [0.1, 0.15) is 23.2 Å². The molecule has 1 aliphatic heterocycles. The fourth-order valence-electron chi connectivity index (χ4n) is 2.23. The highest BCUT2D eigenvalue weighted by atomic mass is 127. The van der Waals surface area contributed by atoms with Gasteiger partial charge in [-0.3, -0.25) is 4.79 Å². The van der Waals surface area contributed by atoms with Crippen molar-refractivity contribution in [1.82, 2.24) is 10.2 Å². The lowest BCUT2D eigenvalue weighted by Crippen LogP contribution is -2.44. The molecule has 1 amide bonds. The zero-order valence-electron chi connectivity index (χ0n) is 10.3. The molecule has 2 N–H and O–H groups in total. The minimum Gasteiger partial charge on any atom is -0.507 e. The highest BCUT2D eigenvalue weighted by Crippen LogP contribution is 2.23. The molecule has 0 radical (unpaired) electrons. The number of piperidine rings is 1. The zero-order chi connectivity index (χ0) is 13.1. The Morgan fingerprint density at radius 1 is 1.44 bits per heavy atom. The van der Waals surface area contributed by atoms with Crippen LogP contribution in [0.5, 0.6) is 5.75 Å². The molecule has 1 aromatic carbocycles. The Kier molecular flexibility index (Phi) is 4.45. The quantitative estimate of drug-likeness (QED) is 0.792. The third-order valence-corrected chi connectivity index (χ3v) is 4.04. The smallest absolute Gasteiger partial charge is 0.257 e. The topological polar surface area (TPSA) is 52.6 Å². The highest BCUT2D eigenvalue weighted by Gasteiger charge is 2.24. The molecule has 0 bridgehead atoms. The van der Waals surface area contributed by atoms with E-state index in [2.05, 4.69) is 27.9 Å². The van der Waals surface area contributed by atoms with E-state index in [0.29, 0.717) is 5.56 Å². The Morgan fingerprint density at radius 3 is 2.78 bits per heavy atom. The Bertz CT molecular complexity index is 445. The average Bonchev–Trinajstić information content (AvgIpc) is 2.41. The first kappa shape index (κ1) is 13.6. The lowest BCUT2D eigenvalue weighted by molar-refractivity contribution is 0.0700. The molecule has 1 fully saturated rings. The van der Waals surface area contributed by atoms with Crippen molar-refractivity contribution in [2.75, 3.05) is 20.1 Å². The van der Waals surface area contributed by atoms with E-state index in [1.807, 2.05) is 7.05 Å². The van der Waals surface area contributed by atoms with Crippen LogP contribution in [0.3, 0.4) is 0 Å². The number of rotatable bonds is 2. The first-order valence-corrected chi connectivity index (χ1v) is 7.14. The Labute approximate surface area is 121 Å². The van der Waals surface area contributed by atoms with Crippen LogP contribution in [-0.2, 0) is 0 Å². The normalized spacial score (nSPS) is 16.6. The summed E-state index contributed by atoms with van der Waals surface area (Å²) in [6, 6.07) is 5.36. The van der Waals surface area contributed by atoms with E-state index in [1.165, 1.54) is 0 Å². The molecule has 98 valence electrons. The number of hydrogen-bond donors (Lipinski definition) is 2. The van der Waals surface area contributed by atoms with Crippen LogP contribution in [0.15, 0.2) is 18.2 Å². The molecule has 18 heavy (non-hydrogen) atoms. The first-order valence-electron chi connectivity index (χ1n) is 6.06. The number of phenolic OH excluding ortho intramolecular Hbond substituents is 1. The van der Waals surface area contributed by atoms with E-state index >= 15 is 0 Å². The van der Waals surface area contributed by atoms with Gasteiger partial charge < -0.3 is 15.3 Å². The monoisotopic (exact) mass is 360 g/mol. The van der Waals surface area contributed by atoms with Crippen LogP contribution in [0.2, 0.25) is 0 Å². The predicted molar refractivity (Wildman–Crippen MR) is 78.8 cm³/mol. The summed E-state index contributed by atoms with van der Waals surface area (Å²) in [4.78, 5) is 14.1. The molecule has 0 aliphatic carbocycles. The van der Waals surface area contributed by atoms with Gasteiger partial charge in [0.05, 0.1) is 5.56 Å². The van der Waals surface area contributed by atoms with Gasteiger partial charge in [0.1, 0.15) is 5.75 Å². The maximum absolute atomic E-state index is 12.4. The van der Waals surface area contributed by atoms with Crippen LogP contribution in [0.4, 0.5) is 0 Å². The largest absolute Gasteiger partial charge is 0.507 e. The molecule has 0 unspecified atom stereocenters. The van der Waals surface area contributed by atoms with Gasteiger partial charge in [-0.1, -0.05) is 0 Å². The van der Waals surface area contributed by atoms with Crippen molar-refractivity contribution in [3.05, 3.63) is 27.3 Å². The van der Waals surface area contributed by atoms with E-state index < -0.39 is 0 Å². The van der Waals surface area contributed by atoms with E-state index in [-0.39, 0.29) is 17.7 Å². The fourth-order valence-corrected chi connectivity index (χ4v) is 2.72. The molecule has 1 aromatic rings. The van der Waals surface area contributed by atoms with Crippen molar-refractivity contribution in [3.63, 3.8) is 0 Å². The van der Waals surface area contributed by atoms with Gasteiger partial charge in [0.15, 0.2) is 0 Å². The number of amides is 1. The highest BCUT2D eigenvalue weighted by molar-refractivity contribution is 14.1. The summed E-state index contributed by atoms with van der Waals surface area (Å²) < 4.78 is 0.951. The third-order valence-electron chi connectivity index (χ3n) is 3.37. The number of aromatic hydroxyl groups is 1. The molecule has 1 saturated heterocycles. The van der Waals surface area contributed by atoms with E-state index in [0.717, 1.165) is 29.5 Å². The lowest BCUT2D eigenvalue weighted by atomic mass is 10.0. The molecular formula is C13H17IN2O2. The molecule has 5 heteroatoms. The van der Waals surface area contributed by atoms with Gasteiger partial charge in [0, 0.05) is 16.7 Å². The summed E-state index contributed by atoms with van der Waals surface area (Å²) in [5.41, 5.74) is 0.392. The van der Waals surface area contributed by atoms with Crippen molar-refractivity contribution in [2.45, 2.75) is 18.9 Å². The second-order valence-corrected chi connectivity index (χ2v) is 5.80. The molecule has 0 aromatic heterocycles. The van der Waals surface area contributed by atoms with Gasteiger partial charge in [-0.25, -0.2) is 0 Å². The minimum absolute atomic E-state index is 0.0567. The maximum atomic E-state index is 12.4. The Hall–Kier alpha value is -0.820. The standard InChI is InChI=1S/C13H17IN2O2/c1-16(10-4-6-15-7-5-10)13(18)11-8-9(14)2-3-12(11)17/h2-3,8,10,15,17H,4-7H2,1H3. The number of carbonyl (C=O) groups is 1. The van der Waals surface area contributed by atoms with Crippen molar-refractivity contribution in [3.8, 4) is 5.75 Å². The Balaban J connectivity index is 2.16. The van der Waals surface area contributed by atoms with Crippen LogP contribution in [-0.4, -0.2) is 42.1 Å². The lowest BCUT2D eigenvalue weighted by Gasteiger charge is -2.31. The molecule has 2 rings (SSSR count). The molecule has 0 spiro atoms. The van der Waals surface area contributed by atoms with Gasteiger partial charge >= 0.3 is 0 Å². The second kappa shape index (κ2) is 5.88. The number of halogens is 1. The number of phenols is 1. The predicted octanol–water partition coefficient (Wildman–Crippen LogP) is 1.82. The Morgan fingerprint density at radius 2 is 2.11 bits per heavy atom. The average molecular weight is 360 g/mol. The molecule has 1 aliphatic rings. The fraction of sp³-hybridized carbons (Fsp3) is 0.462. The number of carbonyl (C=O) groups excluding carboxylic acids is 1. The number of nitrogens with zero attached hydrogens (tertiary/aromatic N) is 1. The summed E-state index contributed by atoms with van der Waals surface area (Å²) in [5, 5.41) is 13.1. The van der Waals surface area contributed by atoms with Crippen molar-refractivity contribution in [1.29, 1.82) is 0 Å². The molecule has 1 heterocycles. The van der Waals surface area contributed by atoms with Gasteiger partial charge in [-0.2, -0.15) is 0 Å². The van der Waals surface area contributed by atoms with Crippen molar-refractivity contribution in [2.24, 2.45) is 0 Å². The summed E-state index contributed by atoms with van der Waals surface area (Å²) in [5.74, 6) is -0.0425. The summed E-state index contributed by atoms with van der Waals surface area (Å²) in [7, 11) is 1.82. The molecule has 0 saturated carbocycles. The molecular weight excluding hydrogens is 343 g/mol. The summed E-state index contributed by atoms with van der Waals surface area (Å²) in [6.45, 7) is 1.89. The number of hydrogen-bond acceptors (Lipinski definition) is 3. The van der Waals surface area contributed by atoms with Crippen LogP contribution < -0.4 is 5.32 Å². The van der Waals surface area contributed by atoms with E-state index in [4.69, 9.17) is 0 Å². The van der Waals surface area contributed by atoms with Crippen LogP contribution in [0, 0.1) is 3.57 Å². The van der Waals surface area contributed by atoms with Crippen molar-refractivity contribution < 1.29 is 9.90 Å². The zero-order valence-corrected chi connectivity index (χ0v) is 12.5. The SMILES string of the molecule is CN(C(=O)c1cc(I)ccc1O)C1CCNCC1. The van der Waals surface area contributed by atoms with Crippen LogP contribution >= 0.6 is 22.6 Å². The third kappa shape index (κ3) is 2.95. The van der Waals surface area contributed by atoms with E-state index in [9.17, 15) is 9.90 Å².